The van der Waals surface area contributed by atoms with Crippen molar-refractivity contribution in [2.24, 2.45) is 0 Å². The first-order valence-corrected chi connectivity index (χ1v) is 4.82. The van der Waals surface area contributed by atoms with Gasteiger partial charge in [0.1, 0.15) is 5.78 Å². The van der Waals surface area contributed by atoms with Crippen LogP contribution in [0.1, 0.15) is 23.6 Å². The van der Waals surface area contributed by atoms with Gasteiger partial charge in [0.2, 0.25) is 0 Å². The highest BCUT2D eigenvalue weighted by Crippen LogP contribution is 2.34. The minimum Gasteiger partial charge on any atom is -0.504 e. The van der Waals surface area contributed by atoms with Crippen molar-refractivity contribution in [1.82, 2.24) is 0 Å². The number of ether oxygens (including phenoxy) is 1. The van der Waals surface area contributed by atoms with E-state index in [1.165, 1.54) is 7.11 Å². The lowest BCUT2D eigenvalue weighted by atomic mass is 9.98. The Morgan fingerprint density at radius 3 is 2.47 bits per heavy atom. The molecule has 82 valence electrons. The number of carbonyl (C=O) groups excluding carboxylic acids is 1. The van der Waals surface area contributed by atoms with Gasteiger partial charge in [0, 0.05) is 6.42 Å². The van der Waals surface area contributed by atoms with Crippen LogP contribution >= 0.6 is 0 Å². The van der Waals surface area contributed by atoms with Crippen molar-refractivity contribution in [3.05, 3.63) is 22.8 Å². The van der Waals surface area contributed by atoms with Crippen molar-refractivity contribution < 1.29 is 14.6 Å². The molecule has 1 rings (SSSR count). The fourth-order valence-electron chi connectivity index (χ4n) is 1.55. The van der Waals surface area contributed by atoms with Crippen LogP contribution in [0.5, 0.6) is 11.5 Å². The van der Waals surface area contributed by atoms with Crippen LogP contribution in [0, 0.1) is 13.8 Å². The highest BCUT2D eigenvalue weighted by Gasteiger charge is 2.12. The molecule has 3 nitrogen and oxygen atoms in total. The summed E-state index contributed by atoms with van der Waals surface area (Å²) in [5.41, 5.74) is 2.63. The number of hydrogen-bond acceptors (Lipinski definition) is 3. The van der Waals surface area contributed by atoms with Crippen molar-refractivity contribution in [3.63, 3.8) is 0 Å². The fraction of sp³-hybridized carbons (Fsp3) is 0.417. The summed E-state index contributed by atoms with van der Waals surface area (Å²) in [4.78, 5) is 11.1. The number of hydrogen-bond donors (Lipinski definition) is 1. The van der Waals surface area contributed by atoms with E-state index in [2.05, 4.69) is 0 Å². The number of methoxy groups -OCH3 is 1. The van der Waals surface area contributed by atoms with Crippen LogP contribution < -0.4 is 4.74 Å². The smallest absolute Gasteiger partial charge is 0.161 e. The Kier molecular flexibility index (Phi) is 3.35. The molecule has 0 aliphatic heterocycles. The molecule has 0 spiro atoms. The van der Waals surface area contributed by atoms with Gasteiger partial charge in [-0.1, -0.05) is 0 Å². The maximum absolute atomic E-state index is 11.1. The molecule has 0 saturated heterocycles. The predicted octanol–water partition coefficient (Wildman–Crippen LogP) is 2.15. The molecule has 0 aliphatic rings. The normalized spacial score (nSPS) is 10.1. The molecule has 1 aromatic rings. The first-order valence-electron chi connectivity index (χ1n) is 4.82. The van der Waals surface area contributed by atoms with E-state index in [1.807, 2.05) is 13.8 Å². The highest BCUT2D eigenvalue weighted by atomic mass is 16.5. The second kappa shape index (κ2) is 4.34. The summed E-state index contributed by atoms with van der Waals surface area (Å²) in [6.07, 6.45) is 0.378. The Hall–Kier alpha value is -1.51. The predicted molar refractivity (Wildman–Crippen MR) is 58.5 cm³/mol. The van der Waals surface area contributed by atoms with E-state index >= 15 is 0 Å². The number of rotatable bonds is 3. The summed E-state index contributed by atoms with van der Waals surface area (Å²) in [6, 6.07) is 1.72. The quantitative estimate of drug-likeness (QED) is 0.827. The van der Waals surface area contributed by atoms with Gasteiger partial charge in [-0.25, -0.2) is 0 Å². The number of benzene rings is 1. The summed E-state index contributed by atoms with van der Waals surface area (Å²) in [7, 11) is 1.50. The molecule has 0 unspecified atom stereocenters. The van der Waals surface area contributed by atoms with E-state index in [4.69, 9.17) is 4.74 Å². The lowest BCUT2D eigenvalue weighted by molar-refractivity contribution is -0.116. The summed E-state index contributed by atoms with van der Waals surface area (Å²) in [5.74, 6) is 0.682. The minimum absolute atomic E-state index is 0.102. The van der Waals surface area contributed by atoms with E-state index in [1.54, 1.807) is 13.0 Å². The molecule has 0 aliphatic carbocycles. The third-order valence-corrected chi connectivity index (χ3v) is 2.60. The van der Waals surface area contributed by atoms with Crippen LogP contribution in [0.25, 0.3) is 0 Å². The summed E-state index contributed by atoms with van der Waals surface area (Å²) >= 11 is 0. The largest absolute Gasteiger partial charge is 0.504 e. The van der Waals surface area contributed by atoms with Gasteiger partial charge in [-0.2, -0.15) is 0 Å². The van der Waals surface area contributed by atoms with E-state index < -0.39 is 0 Å². The van der Waals surface area contributed by atoms with Crippen molar-refractivity contribution in [3.8, 4) is 11.5 Å². The molecule has 3 heteroatoms. The zero-order chi connectivity index (χ0) is 11.6. The number of aromatic hydroxyl groups is 1. The van der Waals surface area contributed by atoms with Crippen LogP contribution in [0.3, 0.4) is 0 Å². The summed E-state index contributed by atoms with van der Waals surface area (Å²) in [6.45, 7) is 5.26. The molecule has 0 atom stereocenters. The molecule has 0 fully saturated rings. The van der Waals surface area contributed by atoms with Gasteiger partial charge in [0.25, 0.3) is 0 Å². The van der Waals surface area contributed by atoms with Crippen molar-refractivity contribution >= 4 is 5.78 Å². The van der Waals surface area contributed by atoms with Gasteiger partial charge in [0.15, 0.2) is 11.5 Å². The van der Waals surface area contributed by atoms with E-state index in [0.29, 0.717) is 12.2 Å². The molecular weight excluding hydrogens is 192 g/mol. The molecule has 1 aromatic carbocycles. The Labute approximate surface area is 89.7 Å². The van der Waals surface area contributed by atoms with Crippen molar-refractivity contribution in [2.75, 3.05) is 7.11 Å². The van der Waals surface area contributed by atoms with Crippen LogP contribution in [-0.2, 0) is 11.2 Å². The minimum atomic E-state index is 0.102. The number of phenolic OH excluding ortho intramolecular Hbond substituents is 1. The van der Waals surface area contributed by atoms with Gasteiger partial charge in [0.05, 0.1) is 7.11 Å². The maximum Gasteiger partial charge on any atom is 0.161 e. The maximum atomic E-state index is 11.1. The Morgan fingerprint density at radius 2 is 2.00 bits per heavy atom. The average molecular weight is 208 g/mol. The summed E-state index contributed by atoms with van der Waals surface area (Å²) < 4.78 is 5.04. The SMILES string of the molecule is COc1cc(CC(C)=O)c(C)c(C)c1O. The molecule has 0 aromatic heterocycles. The van der Waals surface area contributed by atoms with Crippen molar-refractivity contribution in [2.45, 2.75) is 27.2 Å². The third-order valence-electron chi connectivity index (χ3n) is 2.60. The molecule has 0 bridgehead atoms. The molecule has 15 heavy (non-hydrogen) atoms. The van der Waals surface area contributed by atoms with Gasteiger partial charge in [-0.3, -0.25) is 4.79 Å². The molecular formula is C12H16O3. The Balaban J connectivity index is 3.28. The zero-order valence-corrected chi connectivity index (χ0v) is 9.55. The molecule has 0 radical (unpaired) electrons. The average Bonchev–Trinajstić information content (AvgIpc) is 2.18. The fourth-order valence-corrected chi connectivity index (χ4v) is 1.55. The van der Waals surface area contributed by atoms with Gasteiger partial charge in [-0.05, 0) is 43.5 Å². The summed E-state index contributed by atoms with van der Waals surface area (Å²) in [5, 5.41) is 9.73. The standard InChI is InChI=1S/C12H16O3/c1-7(13)5-10-6-11(15-4)12(14)9(3)8(10)2/h6,14H,5H2,1-4H3. The molecule has 1 N–H and O–H groups in total. The topological polar surface area (TPSA) is 46.5 Å². The second-order valence-electron chi connectivity index (χ2n) is 3.72. The third kappa shape index (κ3) is 2.29. The van der Waals surface area contributed by atoms with Gasteiger partial charge < -0.3 is 9.84 Å². The molecule has 0 saturated carbocycles. The second-order valence-corrected chi connectivity index (χ2v) is 3.72. The van der Waals surface area contributed by atoms with Gasteiger partial charge in [-0.15, -0.1) is 0 Å². The first-order chi connectivity index (χ1) is 6.97. The Morgan fingerprint density at radius 1 is 1.40 bits per heavy atom. The van der Waals surface area contributed by atoms with E-state index in [-0.39, 0.29) is 11.5 Å². The molecule has 0 heterocycles. The highest BCUT2D eigenvalue weighted by molar-refractivity contribution is 5.79. The Bertz CT molecular complexity index is 394. The van der Waals surface area contributed by atoms with Crippen molar-refractivity contribution in [1.29, 1.82) is 0 Å². The van der Waals surface area contributed by atoms with E-state index in [0.717, 1.165) is 16.7 Å². The van der Waals surface area contributed by atoms with Crippen LogP contribution in [0.2, 0.25) is 0 Å². The van der Waals surface area contributed by atoms with Crippen LogP contribution in [0.4, 0.5) is 0 Å². The number of Topliss-reactive ketones (excluding diaryl/α,β-unsaturated/α-hetero) is 1. The number of phenols is 1. The lowest BCUT2D eigenvalue weighted by Gasteiger charge is -2.13. The van der Waals surface area contributed by atoms with Crippen LogP contribution in [0.15, 0.2) is 6.07 Å². The van der Waals surface area contributed by atoms with E-state index in [9.17, 15) is 9.90 Å². The zero-order valence-electron chi connectivity index (χ0n) is 9.55. The van der Waals surface area contributed by atoms with Crippen LogP contribution in [-0.4, -0.2) is 18.0 Å². The number of carbonyl (C=O) groups is 1. The molecule has 0 amide bonds. The number of ketones is 1. The first kappa shape index (κ1) is 11.6. The lowest BCUT2D eigenvalue weighted by Crippen LogP contribution is -2.01. The van der Waals surface area contributed by atoms with Gasteiger partial charge >= 0.3 is 0 Å². The monoisotopic (exact) mass is 208 g/mol.